The molecule has 2 aromatic carbocycles. The van der Waals surface area contributed by atoms with Crippen LogP contribution in [0.25, 0.3) is 0 Å². The van der Waals surface area contributed by atoms with Gasteiger partial charge in [0, 0.05) is 26.2 Å². The zero-order valence-electron chi connectivity index (χ0n) is 29.9. The van der Waals surface area contributed by atoms with E-state index in [0.717, 1.165) is 9.80 Å². The van der Waals surface area contributed by atoms with Crippen LogP contribution in [0.3, 0.4) is 0 Å². The molecule has 0 aromatic heterocycles. The van der Waals surface area contributed by atoms with E-state index < -0.39 is 35.7 Å². The normalized spacial score (nSPS) is 19.3. The smallest absolute Gasteiger partial charge is 0.262 e. The molecule has 1 fully saturated rings. The molecule has 3 aliphatic rings. The predicted molar refractivity (Wildman–Crippen MR) is 186 cm³/mol. The van der Waals surface area contributed by atoms with E-state index in [2.05, 4.69) is 0 Å². The van der Waals surface area contributed by atoms with Gasteiger partial charge < -0.3 is 24.0 Å². The Labute approximate surface area is 298 Å². The molecule has 3 aliphatic heterocycles. The lowest BCUT2D eigenvalue weighted by Crippen LogP contribution is -2.53. The van der Waals surface area contributed by atoms with Gasteiger partial charge in [0.1, 0.15) is 12.1 Å². The number of hydrogen-bond donors (Lipinski definition) is 0. The molecule has 274 valence electrons. The van der Waals surface area contributed by atoms with Crippen LogP contribution in [0.4, 0.5) is 0 Å². The molecule has 0 unspecified atom stereocenters. The summed E-state index contributed by atoms with van der Waals surface area (Å²) in [6, 6.07) is 11.2. The summed E-state index contributed by atoms with van der Waals surface area (Å²) in [4.78, 5) is 87.2. The van der Waals surface area contributed by atoms with Crippen molar-refractivity contribution >= 4 is 35.4 Å². The summed E-state index contributed by atoms with van der Waals surface area (Å²) in [5, 5.41) is 0. The van der Waals surface area contributed by atoms with Gasteiger partial charge in [0.2, 0.25) is 11.8 Å². The Kier molecular flexibility index (Phi) is 12.7. The lowest BCUT2D eigenvalue weighted by molar-refractivity contribution is -0.138. The Morgan fingerprint density at radius 3 is 1.06 bits per heavy atom. The van der Waals surface area contributed by atoms with Crippen molar-refractivity contribution in [3.63, 3.8) is 0 Å². The van der Waals surface area contributed by atoms with Gasteiger partial charge in [0.05, 0.1) is 61.9 Å². The number of carbonyl (C=O) groups excluding carboxylic acids is 6. The first-order valence-electron chi connectivity index (χ1n) is 17.8. The van der Waals surface area contributed by atoms with Gasteiger partial charge in [0.25, 0.3) is 23.6 Å². The molecule has 1 saturated heterocycles. The number of benzene rings is 2. The molecule has 2 atom stereocenters. The van der Waals surface area contributed by atoms with Crippen LogP contribution in [-0.4, -0.2) is 133 Å². The maximum absolute atomic E-state index is 14.2. The molecule has 6 amide bonds. The lowest BCUT2D eigenvalue weighted by Gasteiger charge is -2.33. The molecule has 13 heteroatoms. The van der Waals surface area contributed by atoms with Crippen LogP contribution >= 0.6 is 0 Å². The standard InChI is InChI=1S/C38H48N4O9/c1-25(2)23-31(41-33(43)27-9-5-6-10-28(27)34(41)44)37(47)39-13-17-49-18-14-40(16-20-51-22-21-50-19-15-39)38(48)32(24-26(3)4)42-35(45)29-11-7-8-12-30(29)36(42)46/h5-12,25-26,31-32H,13-24H2,1-4H3/t31-,32+. The molecule has 0 N–H and O–H groups in total. The quantitative estimate of drug-likeness (QED) is 0.379. The average Bonchev–Trinajstić information content (AvgIpc) is 3.51. The summed E-state index contributed by atoms with van der Waals surface area (Å²) in [5.41, 5.74) is 1.13. The molecule has 0 radical (unpaired) electrons. The number of carbonyl (C=O) groups is 6. The van der Waals surface area contributed by atoms with Crippen LogP contribution in [0, 0.1) is 11.8 Å². The van der Waals surface area contributed by atoms with Crippen molar-refractivity contribution in [2.75, 3.05) is 65.8 Å². The molecule has 0 aliphatic carbocycles. The number of amides is 6. The highest BCUT2D eigenvalue weighted by Crippen LogP contribution is 2.29. The zero-order valence-corrected chi connectivity index (χ0v) is 29.9. The molecular formula is C38H48N4O9. The largest absolute Gasteiger partial charge is 0.378 e. The van der Waals surface area contributed by atoms with Crippen molar-refractivity contribution < 1.29 is 43.0 Å². The van der Waals surface area contributed by atoms with E-state index in [1.165, 1.54) is 0 Å². The van der Waals surface area contributed by atoms with E-state index in [9.17, 15) is 28.8 Å². The Hall–Kier alpha value is -4.46. The summed E-state index contributed by atoms with van der Waals surface area (Å²) >= 11 is 0. The monoisotopic (exact) mass is 704 g/mol. The van der Waals surface area contributed by atoms with E-state index >= 15 is 0 Å². The third-order valence-electron chi connectivity index (χ3n) is 9.25. The van der Waals surface area contributed by atoms with Crippen LogP contribution in [0.15, 0.2) is 48.5 Å². The van der Waals surface area contributed by atoms with Crippen molar-refractivity contribution in [1.29, 1.82) is 0 Å². The summed E-state index contributed by atoms with van der Waals surface area (Å²) in [6.45, 7) is 9.61. The van der Waals surface area contributed by atoms with Crippen LogP contribution in [0.5, 0.6) is 0 Å². The minimum atomic E-state index is -1.00. The third-order valence-corrected chi connectivity index (χ3v) is 9.25. The molecule has 5 rings (SSSR count). The first kappa shape index (κ1) is 37.8. The number of imide groups is 2. The van der Waals surface area contributed by atoms with Crippen molar-refractivity contribution in [2.24, 2.45) is 11.8 Å². The van der Waals surface area contributed by atoms with Gasteiger partial charge in [-0.15, -0.1) is 0 Å². The van der Waals surface area contributed by atoms with E-state index in [-0.39, 0.29) is 125 Å². The van der Waals surface area contributed by atoms with Gasteiger partial charge in [-0.05, 0) is 48.9 Å². The molecule has 0 bridgehead atoms. The van der Waals surface area contributed by atoms with Crippen molar-refractivity contribution in [2.45, 2.75) is 52.6 Å². The average molecular weight is 705 g/mol. The summed E-state index contributed by atoms with van der Waals surface area (Å²) in [5.74, 6) is -2.67. The molecule has 13 nitrogen and oxygen atoms in total. The fourth-order valence-electron chi connectivity index (χ4n) is 6.72. The van der Waals surface area contributed by atoms with E-state index in [0.29, 0.717) is 0 Å². The molecule has 2 aromatic rings. The van der Waals surface area contributed by atoms with Crippen LogP contribution < -0.4 is 0 Å². The second-order valence-corrected chi connectivity index (χ2v) is 13.8. The molecule has 51 heavy (non-hydrogen) atoms. The molecular weight excluding hydrogens is 656 g/mol. The number of hydrogen-bond acceptors (Lipinski definition) is 9. The third kappa shape index (κ3) is 8.54. The second kappa shape index (κ2) is 17.2. The molecule has 0 spiro atoms. The topological polar surface area (TPSA) is 143 Å². The first-order valence-corrected chi connectivity index (χ1v) is 17.8. The highest BCUT2D eigenvalue weighted by Gasteiger charge is 2.45. The van der Waals surface area contributed by atoms with Gasteiger partial charge in [-0.25, -0.2) is 0 Å². The van der Waals surface area contributed by atoms with Gasteiger partial charge in [-0.3, -0.25) is 38.6 Å². The summed E-state index contributed by atoms with van der Waals surface area (Å²) in [7, 11) is 0. The second-order valence-electron chi connectivity index (χ2n) is 13.8. The van der Waals surface area contributed by atoms with E-state index in [1.807, 2.05) is 27.7 Å². The van der Waals surface area contributed by atoms with Crippen LogP contribution in [-0.2, 0) is 23.8 Å². The Morgan fingerprint density at radius 1 is 0.510 bits per heavy atom. The maximum atomic E-state index is 14.2. The highest BCUT2D eigenvalue weighted by molar-refractivity contribution is 6.23. The van der Waals surface area contributed by atoms with Crippen molar-refractivity contribution in [3.8, 4) is 0 Å². The van der Waals surface area contributed by atoms with Crippen LogP contribution in [0.2, 0.25) is 0 Å². The fraction of sp³-hybridized carbons (Fsp3) is 0.526. The first-order chi connectivity index (χ1) is 24.5. The van der Waals surface area contributed by atoms with Gasteiger partial charge in [0.15, 0.2) is 0 Å². The Morgan fingerprint density at radius 2 is 0.784 bits per heavy atom. The van der Waals surface area contributed by atoms with E-state index in [1.54, 1.807) is 58.3 Å². The van der Waals surface area contributed by atoms with Gasteiger partial charge in [-0.2, -0.15) is 0 Å². The lowest BCUT2D eigenvalue weighted by atomic mass is 10.0. The van der Waals surface area contributed by atoms with Crippen molar-refractivity contribution in [1.82, 2.24) is 19.6 Å². The van der Waals surface area contributed by atoms with Gasteiger partial charge in [-0.1, -0.05) is 52.0 Å². The number of fused-ring (bicyclic) bond motifs is 2. The fourth-order valence-corrected chi connectivity index (χ4v) is 6.72. The van der Waals surface area contributed by atoms with Crippen LogP contribution in [0.1, 0.15) is 82.0 Å². The number of ether oxygens (including phenoxy) is 3. The van der Waals surface area contributed by atoms with Crippen molar-refractivity contribution in [3.05, 3.63) is 70.8 Å². The summed E-state index contributed by atoms with van der Waals surface area (Å²) < 4.78 is 17.5. The molecule has 0 saturated carbocycles. The summed E-state index contributed by atoms with van der Waals surface area (Å²) in [6.07, 6.45) is 0.580. The predicted octanol–water partition coefficient (Wildman–Crippen LogP) is 3.13. The number of nitrogens with zero attached hydrogens (tertiary/aromatic N) is 4. The minimum absolute atomic E-state index is 0.0136. The number of rotatable bonds is 8. The SMILES string of the molecule is CC(C)C[C@H](C(=O)N1CCOCCOCCN(C(=O)[C@H](CC(C)C)N2C(=O)c3ccccc3C2=O)CCOCC1)N1C(=O)c2ccccc2C1=O. The Bertz CT molecular complexity index is 1440. The minimum Gasteiger partial charge on any atom is -0.378 e. The highest BCUT2D eigenvalue weighted by atomic mass is 16.5. The Balaban J connectivity index is 1.29. The maximum Gasteiger partial charge on any atom is 0.262 e. The van der Waals surface area contributed by atoms with E-state index in [4.69, 9.17) is 14.2 Å². The zero-order chi connectivity index (χ0) is 36.7. The van der Waals surface area contributed by atoms with Gasteiger partial charge >= 0.3 is 0 Å². The molecule has 3 heterocycles.